The number of hydrogen-bond donors (Lipinski definition) is 1. The molecule has 1 saturated heterocycles. The summed E-state index contributed by atoms with van der Waals surface area (Å²) in [5, 5.41) is 2.75. The summed E-state index contributed by atoms with van der Waals surface area (Å²) in [7, 11) is 8.13. The van der Waals surface area contributed by atoms with Crippen LogP contribution in [0.15, 0.2) is 71.7 Å². The molecule has 0 saturated carbocycles. The van der Waals surface area contributed by atoms with E-state index in [-0.39, 0.29) is 23.5 Å². The number of allylic oxidation sites excluding steroid dienone is 1. The molecule has 1 aromatic heterocycles. The third kappa shape index (κ3) is 8.06. The van der Waals surface area contributed by atoms with Crippen molar-refractivity contribution in [2.75, 3.05) is 68.3 Å². The Kier molecular flexibility index (Phi) is 12.7. The molecule has 0 spiro atoms. The van der Waals surface area contributed by atoms with Crippen molar-refractivity contribution >= 4 is 22.7 Å². The molecule has 2 atom stereocenters. The lowest BCUT2D eigenvalue weighted by atomic mass is 9.76. The second-order valence-electron chi connectivity index (χ2n) is 12.9. The lowest BCUT2D eigenvalue weighted by Crippen LogP contribution is -2.42. The third-order valence-electron chi connectivity index (χ3n) is 10.2. The second-order valence-corrected chi connectivity index (χ2v) is 12.9. The molecule has 0 radical (unpaired) electrons. The van der Waals surface area contributed by atoms with Crippen LogP contribution in [0.5, 0.6) is 5.75 Å². The topological polar surface area (TPSA) is 113 Å². The van der Waals surface area contributed by atoms with Gasteiger partial charge in [0.05, 0.1) is 39.0 Å². The summed E-state index contributed by atoms with van der Waals surface area (Å²) in [4.78, 5) is 34.0. The first-order valence-electron chi connectivity index (χ1n) is 17.5. The van der Waals surface area contributed by atoms with E-state index in [1.165, 1.54) is 0 Å². The van der Waals surface area contributed by atoms with Gasteiger partial charge in [-0.2, -0.15) is 0 Å². The predicted octanol–water partition coefficient (Wildman–Crippen LogP) is 5.51. The van der Waals surface area contributed by atoms with E-state index in [1.807, 2.05) is 47.9 Å². The summed E-state index contributed by atoms with van der Waals surface area (Å²) in [5.74, 6) is 2.22. The molecule has 0 bridgehead atoms. The summed E-state index contributed by atoms with van der Waals surface area (Å²) in [5.41, 5.74) is 2.54. The minimum atomic E-state index is -0.933. The van der Waals surface area contributed by atoms with Crippen LogP contribution in [0, 0.1) is 5.92 Å². The van der Waals surface area contributed by atoms with Crippen LogP contribution in [-0.2, 0) is 30.3 Å². The van der Waals surface area contributed by atoms with Crippen LogP contribution in [0.4, 0.5) is 0 Å². The normalized spacial score (nSPS) is 19.3. The van der Waals surface area contributed by atoms with Crippen LogP contribution in [0.3, 0.4) is 0 Å². The molecule has 50 heavy (non-hydrogen) atoms. The number of ether oxygens (including phenoxy) is 5. The Morgan fingerprint density at radius 2 is 1.78 bits per heavy atom. The van der Waals surface area contributed by atoms with Gasteiger partial charge in [0.1, 0.15) is 11.4 Å². The molecule has 11 heteroatoms. The first kappa shape index (κ1) is 37.1. The van der Waals surface area contributed by atoms with Gasteiger partial charge in [0.25, 0.3) is 0 Å². The maximum absolute atomic E-state index is 13.9. The number of ketones is 1. The molecular weight excluding hydrogens is 636 g/mol. The molecule has 11 nitrogen and oxygen atoms in total. The van der Waals surface area contributed by atoms with E-state index < -0.39 is 5.60 Å². The van der Waals surface area contributed by atoms with Gasteiger partial charge in [0, 0.05) is 45.2 Å². The highest BCUT2D eigenvalue weighted by Crippen LogP contribution is 2.44. The zero-order chi connectivity index (χ0) is 35.7. The first-order valence-corrected chi connectivity index (χ1v) is 17.5. The summed E-state index contributed by atoms with van der Waals surface area (Å²) in [6.07, 6.45) is 4.98. The minimum absolute atomic E-state index is 0.0296. The van der Waals surface area contributed by atoms with E-state index in [9.17, 15) is 9.59 Å². The summed E-state index contributed by atoms with van der Waals surface area (Å²) in [6.45, 7) is 6.19. The van der Waals surface area contributed by atoms with Crippen molar-refractivity contribution in [3.05, 3.63) is 83.1 Å². The molecule has 1 aliphatic carbocycles. The molecule has 5 rings (SSSR count). The molecule has 1 amide bonds. The van der Waals surface area contributed by atoms with Gasteiger partial charge in [0.15, 0.2) is 17.3 Å². The molecule has 2 unspecified atom stereocenters. The van der Waals surface area contributed by atoms with E-state index in [1.54, 1.807) is 41.6 Å². The monoisotopic (exact) mass is 688 g/mol. The largest absolute Gasteiger partial charge is 0.497 e. The van der Waals surface area contributed by atoms with Gasteiger partial charge in [-0.3, -0.25) is 9.59 Å². The van der Waals surface area contributed by atoms with Gasteiger partial charge >= 0.3 is 0 Å². The van der Waals surface area contributed by atoms with Crippen molar-refractivity contribution in [3.63, 3.8) is 0 Å². The molecule has 270 valence electrons. The number of piperidine rings is 1. The number of methoxy groups -OCH3 is 4. The Morgan fingerprint density at radius 1 is 1.00 bits per heavy atom. The minimum Gasteiger partial charge on any atom is -0.497 e. The Labute approximate surface area is 295 Å². The standard InChI is InChI=1S/C39H52N4O7/c1-7-50-22-21-43-33-14-9-8-13-32(33)41-37(43)35(44)27-15-18-42(19-16-27)20-17-29(28-11-10-12-31(23-28)46-3)25-39(49-6)26-30(38(45)40-2)24-34(47-4)36(39)48-5/h8-14,23-24,27,29H,7,15-22,25-26H2,1-6H3,(H,40,45). The number of carbonyl (C=O) groups excluding carboxylic acids is 2. The average Bonchev–Trinajstić information content (AvgIpc) is 3.54. The number of imidazole rings is 1. The van der Waals surface area contributed by atoms with Crippen LogP contribution in [-0.4, -0.2) is 100 Å². The van der Waals surface area contributed by atoms with Gasteiger partial charge < -0.3 is 38.5 Å². The molecule has 1 N–H and O–H groups in total. The number of carbonyl (C=O) groups is 2. The number of para-hydroxylation sites is 2. The van der Waals surface area contributed by atoms with Crippen LogP contribution < -0.4 is 10.1 Å². The number of nitrogens with one attached hydrogen (secondary N) is 1. The van der Waals surface area contributed by atoms with Crippen molar-refractivity contribution in [3.8, 4) is 5.75 Å². The highest BCUT2D eigenvalue weighted by molar-refractivity contribution is 5.98. The first-order chi connectivity index (χ1) is 24.3. The number of rotatable bonds is 17. The number of aromatic nitrogens is 2. The lowest BCUT2D eigenvalue weighted by molar-refractivity contribution is -0.118. The number of amides is 1. The number of nitrogens with zero attached hydrogens (tertiary/aromatic N) is 3. The molecule has 2 aromatic carbocycles. The fraction of sp³-hybridized carbons (Fsp3) is 0.513. The van der Waals surface area contributed by atoms with E-state index in [0.717, 1.165) is 61.2 Å². The predicted molar refractivity (Wildman–Crippen MR) is 192 cm³/mol. The van der Waals surface area contributed by atoms with Gasteiger partial charge in [-0.15, -0.1) is 0 Å². The van der Waals surface area contributed by atoms with Crippen molar-refractivity contribution in [1.29, 1.82) is 0 Å². The van der Waals surface area contributed by atoms with Crippen molar-refractivity contribution < 1.29 is 33.3 Å². The number of likely N-dealkylation sites (tertiary alicyclic amines) is 1. The van der Waals surface area contributed by atoms with E-state index >= 15 is 0 Å². The van der Waals surface area contributed by atoms with Crippen molar-refractivity contribution in [2.24, 2.45) is 5.92 Å². The Balaban J connectivity index is 1.32. The van der Waals surface area contributed by atoms with Crippen LogP contribution >= 0.6 is 0 Å². The molecular formula is C39H52N4O7. The zero-order valence-electron chi connectivity index (χ0n) is 30.3. The molecule has 2 heterocycles. The van der Waals surface area contributed by atoms with Crippen LogP contribution in [0.1, 0.15) is 61.1 Å². The number of hydrogen-bond acceptors (Lipinski definition) is 9. The smallest absolute Gasteiger partial charge is 0.247 e. The van der Waals surface area contributed by atoms with E-state index in [4.69, 9.17) is 28.7 Å². The molecule has 1 fully saturated rings. The van der Waals surface area contributed by atoms with Gasteiger partial charge in [0.2, 0.25) is 11.7 Å². The molecule has 3 aromatic rings. The van der Waals surface area contributed by atoms with Crippen LogP contribution in [0.2, 0.25) is 0 Å². The third-order valence-corrected chi connectivity index (χ3v) is 10.2. The second kappa shape index (κ2) is 17.2. The molecule has 2 aliphatic rings. The lowest BCUT2D eigenvalue weighted by Gasteiger charge is -2.40. The number of Topliss-reactive ketones (excluding diaryl/α,β-unsaturated/α-hetero) is 1. The van der Waals surface area contributed by atoms with Crippen molar-refractivity contribution in [2.45, 2.75) is 57.1 Å². The SMILES string of the molecule is CCOCCn1c(C(=O)C2CCN(CCC(CC3(OC)CC(C(=O)NC)=CC(OC)=C3OC)c3cccc(OC)c3)CC2)nc2ccccc21. The van der Waals surface area contributed by atoms with Crippen molar-refractivity contribution in [1.82, 2.24) is 19.8 Å². The Morgan fingerprint density at radius 3 is 2.46 bits per heavy atom. The summed E-state index contributed by atoms with van der Waals surface area (Å²) in [6, 6.07) is 16.0. The number of likely N-dealkylation sites (N-methyl/N-ethyl adjacent to an activating group) is 1. The Hall–Kier alpha value is -4.19. The fourth-order valence-electron chi connectivity index (χ4n) is 7.45. The van der Waals surface area contributed by atoms with Gasteiger partial charge in [-0.1, -0.05) is 24.3 Å². The van der Waals surface area contributed by atoms with E-state index in [2.05, 4.69) is 22.3 Å². The number of fused-ring (bicyclic) bond motifs is 1. The number of benzene rings is 2. The highest BCUT2D eigenvalue weighted by Gasteiger charge is 2.45. The average molecular weight is 689 g/mol. The zero-order valence-corrected chi connectivity index (χ0v) is 30.3. The van der Waals surface area contributed by atoms with Gasteiger partial charge in [-0.05, 0) is 94.1 Å². The Bertz CT molecular complexity index is 1690. The van der Waals surface area contributed by atoms with Crippen LogP contribution in [0.25, 0.3) is 11.0 Å². The van der Waals surface area contributed by atoms with E-state index in [0.29, 0.717) is 55.5 Å². The maximum Gasteiger partial charge on any atom is 0.247 e. The molecule has 1 aliphatic heterocycles. The van der Waals surface area contributed by atoms with Gasteiger partial charge in [-0.25, -0.2) is 4.98 Å². The highest BCUT2D eigenvalue weighted by atomic mass is 16.5. The quantitative estimate of drug-likeness (QED) is 0.145. The summed E-state index contributed by atoms with van der Waals surface area (Å²) < 4.78 is 31.2. The maximum atomic E-state index is 13.9. The summed E-state index contributed by atoms with van der Waals surface area (Å²) >= 11 is 0. The fourth-order valence-corrected chi connectivity index (χ4v) is 7.45.